The Morgan fingerprint density at radius 2 is 1.52 bits per heavy atom. The van der Waals surface area contributed by atoms with Crippen molar-refractivity contribution in [3.05, 3.63) is 59.7 Å². The molecular weight excluding hydrogens is 308 g/mol. The number of benzene rings is 2. The number of rotatable bonds is 4. The number of amides is 2. The molecular formula is C22H28N2O. The van der Waals surface area contributed by atoms with Crippen molar-refractivity contribution in [2.75, 3.05) is 11.4 Å². The van der Waals surface area contributed by atoms with Gasteiger partial charge in [-0.3, -0.25) is 4.90 Å². The summed E-state index contributed by atoms with van der Waals surface area (Å²) in [6.07, 6.45) is 6.38. The Balaban J connectivity index is 1.81. The lowest BCUT2D eigenvalue weighted by molar-refractivity contribution is 0.244. The highest BCUT2D eigenvalue weighted by Gasteiger charge is 2.20. The fourth-order valence-corrected chi connectivity index (χ4v) is 3.62. The first-order valence-electron chi connectivity index (χ1n) is 9.35. The Bertz CT molecular complexity index is 674. The fraction of sp³-hybridized carbons (Fsp3) is 0.409. The summed E-state index contributed by atoms with van der Waals surface area (Å²) < 4.78 is 0. The lowest BCUT2D eigenvalue weighted by atomic mass is 9.89. The predicted octanol–water partition coefficient (Wildman–Crippen LogP) is 5.73. The van der Waals surface area contributed by atoms with E-state index >= 15 is 0 Å². The summed E-state index contributed by atoms with van der Waals surface area (Å²) in [6.45, 7) is 4.88. The van der Waals surface area contributed by atoms with Crippen molar-refractivity contribution < 1.29 is 4.79 Å². The van der Waals surface area contributed by atoms with Crippen molar-refractivity contribution >= 4 is 17.4 Å². The Morgan fingerprint density at radius 3 is 2.04 bits per heavy atom. The van der Waals surface area contributed by atoms with Gasteiger partial charge >= 0.3 is 6.03 Å². The molecule has 0 bridgehead atoms. The van der Waals surface area contributed by atoms with Crippen LogP contribution in [0.3, 0.4) is 0 Å². The molecule has 0 atom stereocenters. The summed E-state index contributed by atoms with van der Waals surface area (Å²) in [4.78, 5) is 14.8. The minimum absolute atomic E-state index is 0.0400. The number of hydrogen-bond acceptors (Lipinski definition) is 1. The Hall–Kier alpha value is -2.29. The van der Waals surface area contributed by atoms with Crippen molar-refractivity contribution in [1.82, 2.24) is 5.32 Å². The predicted molar refractivity (Wildman–Crippen MR) is 104 cm³/mol. The van der Waals surface area contributed by atoms with E-state index in [0.29, 0.717) is 5.92 Å². The minimum atomic E-state index is -0.0400. The molecule has 0 radical (unpaired) electrons. The van der Waals surface area contributed by atoms with E-state index in [0.717, 1.165) is 29.0 Å². The van der Waals surface area contributed by atoms with Gasteiger partial charge in [-0.25, -0.2) is 4.79 Å². The van der Waals surface area contributed by atoms with Crippen molar-refractivity contribution in [1.29, 1.82) is 0 Å². The van der Waals surface area contributed by atoms with E-state index in [4.69, 9.17) is 0 Å². The molecule has 1 aliphatic rings. The highest BCUT2D eigenvalue weighted by atomic mass is 16.2. The molecule has 0 saturated heterocycles. The molecule has 0 heterocycles. The number of carbonyl (C=O) groups excluding carboxylic acids is 1. The van der Waals surface area contributed by atoms with Gasteiger partial charge in [0, 0.05) is 6.54 Å². The van der Waals surface area contributed by atoms with Crippen LogP contribution in [0.15, 0.2) is 48.5 Å². The van der Waals surface area contributed by atoms with E-state index in [-0.39, 0.29) is 6.03 Å². The fourth-order valence-electron chi connectivity index (χ4n) is 3.62. The molecule has 0 aromatic heterocycles. The molecule has 3 rings (SSSR count). The number of nitrogens with zero attached hydrogens (tertiary/aromatic N) is 1. The zero-order valence-corrected chi connectivity index (χ0v) is 15.3. The topological polar surface area (TPSA) is 32.3 Å². The second-order valence-electron chi connectivity index (χ2n) is 7.20. The molecule has 1 fully saturated rings. The molecule has 3 nitrogen and oxygen atoms in total. The Labute approximate surface area is 151 Å². The van der Waals surface area contributed by atoms with Crippen LogP contribution in [0.4, 0.5) is 16.2 Å². The molecule has 2 amide bonds. The van der Waals surface area contributed by atoms with E-state index in [9.17, 15) is 4.79 Å². The monoisotopic (exact) mass is 336 g/mol. The molecule has 132 valence electrons. The molecule has 1 saturated carbocycles. The van der Waals surface area contributed by atoms with Crippen LogP contribution in [0.5, 0.6) is 0 Å². The second kappa shape index (κ2) is 8.19. The SMILES string of the molecule is Cc1cccc(N(C(=O)NCC2CCCCC2)c2cccc(C)c2)c1. The van der Waals surface area contributed by atoms with Crippen molar-refractivity contribution in [3.8, 4) is 0 Å². The van der Waals surface area contributed by atoms with Gasteiger partial charge < -0.3 is 5.32 Å². The van der Waals surface area contributed by atoms with E-state index in [2.05, 4.69) is 43.4 Å². The Morgan fingerprint density at radius 1 is 0.960 bits per heavy atom. The molecule has 0 aliphatic heterocycles. The van der Waals surface area contributed by atoms with Crippen LogP contribution in [-0.4, -0.2) is 12.6 Å². The first kappa shape index (κ1) is 17.5. The van der Waals surface area contributed by atoms with E-state index in [1.54, 1.807) is 4.90 Å². The normalized spacial score (nSPS) is 15.0. The maximum Gasteiger partial charge on any atom is 0.326 e. The number of hydrogen-bond donors (Lipinski definition) is 1. The molecule has 1 aliphatic carbocycles. The maximum atomic E-state index is 13.0. The third-order valence-corrected chi connectivity index (χ3v) is 4.99. The first-order chi connectivity index (χ1) is 12.1. The molecule has 1 N–H and O–H groups in total. The summed E-state index contributed by atoms with van der Waals surface area (Å²) in [6, 6.07) is 16.2. The summed E-state index contributed by atoms with van der Waals surface area (Å²) in [7, 11) is 0. The summed E-state index contributed by atoms with van der Waals surface area (Å²) in [5, 5.41) is 3.18. The van der Waals surface area contributed by atoms with Gasteiger partial charge in [-0.2, -0.15) is 0 Å². The van der Waals surface area contributed by atoms with Gasteiger partial charge in [0.1, 0.15) is 0 Å². The number of nitrogens with one attached hydrogen (secondary N) is 1. The molecule has 3 heteroatoms. The zero-order valence-electron chi connectivity index (χ0n) is 15.3. The van der Waals surface area contributed by atoms with Gasteiger partial charge in [0.2, 0.25) is 0 Å². The van der Waals surface area contributed by atoms with Gasteiger partial charge in [0.25, 0.3) is 0 Å². The van der Waals surface area contributed by atoms with E-state index < -0.39 is 0 Å². The van der Waals surface area contributed by atoms with Crippen LogP contribution in [0, 0.1) is 19.8 Å². The summed E-state index contributed by atoms with van der Waals surface area (Å²) in [5.41, 5.74) is 4.11. The average molecular weight is 336 g/mol. The number of carbonyl (C=O) groups is 1. The minimum Gasteiger partial charge on any atom is -0.337 e. The summed E-state index contributed by atoms with van der Waals surface area (Å²) in [5.74, 6) is 0.620. The van der Waals surface area contributed by atoms with Gasteiger partial charge in [0.05, 0.1) is 11.4 Å². The summed E-state index contributed by atoms with van der Waals surface area (Å²) >= 11 is 0. The lowest BCUT2D eigenvalue weighted by Gasteiger charge is -2.27. The highest BCUT2D eigenvalue weighted by Crippen LogP contribution is 2.28. The standard InChI is InChI=1S/C22H28N2O/c1-17-8-6-12-20(14-17)24(21-13-7-9-18(2)15-21)22(25)23-16-19-10-4-3-5-11-19/h6-9,12-15,19H,3-5,10-11,16H2,1-2H3,(H,23,25). The third kappa shape index (κ3) is 4.62. The molecule has 25 heavy (non-hydrogen) atoms. The van der Waals surface area contributed by atoms with E-state index in [1.807, 2.05) is 24.3 Å². The van der Waals surface area contributed by atoms with Gasteiger partial charge in [-0.05, 0) is 68.0 Å². The van der Waals surface area contributed by atoms with Crippen LogP contribution >= 0.6 is 0 Å². The lowest BCUT2D eigenvalue weighted by Crippen LogP contribution is -2.39. The molecule has 2 aromatic carbocycles. The third-order valence-electron chi connectivity index (χ3n) is 4.99. The van der Waals surface area contributed by atoms with Crippen LogP contribution in [0.25, 0.3) is 0 Å². The van der Waals surface area contributed by atoms with Crippen molar-refractivity contribution in [2.24, 2.45) is 5.92 Å². The van der Waals surface area contributed by atoms with Crippen LogP contribution in [0.1, 0.15) is 43.2 Å². The highest BCUT2D eigenvalue weighted by molar-refractivity contribution is 5.99. The maximum absolute atomic E-state index is 13.0. The zero-order chi connectivity index (χ0) is 17.6. The van der Waals surface area contributed by atoms with Crippen LogP contribution < -0.4 is 10.2 Å². The van der Waals surface area contributed by atoms with Crippen molar-refractivity contribution in [3.63, 3.8) is 0 Å². The van der Waals surface area contributed by atoms with Gasteiger partial charge in [-0.15, -0.1) is 0 Å². The first-order valence-corrected chi connectivity index (χ1v) is 9.35. The largest absolute Gasteiger partial charge is 0.337 e. The second-order valence-corrected chi connectivity index (χ2v) is 7.20. The quantitative estimate of drug-likeness (QED) is 0.759. The average Bonchev–Trinajstić information content (AvgIpc) is 2.61. The van der Waals surface area contributed by atoms with Crippen LogP contribution in [-0.2, 0) is 0 Å². The van der Waals surface area contributed by atoms with Gasteiger partial charge in [-0.1, -0.05) is 43.5 Å². The number of urea groups is 1. The van der Waals surface area contributed by atoms with Crippen molar-refractivity contribution in [2.45, 2.75) is 46.0 Å². The molecule has 0 unspecified atom stereocenters. The van der Waals surface area contributed by atoms with Gasteiger partial charge in [0.15, 0.2) is 0 Å². The number of aryl methyl sites for hydroxylation is 2. The molecule has 2 aromatic rings. The number of anilines is 2. The van der Waals surface area contributed by atoms with E-state index in [1.165, 1.54) is 32.1 Å². The smallest absolute Gasteiger partial charge is 0.326 e. The van der Waals surface area contributed by atoms with Crippen LogP contribution in [0.2, 0.25) is 0 Å². The molecule has 0 spiro atoms. The Kier molecular flexibility index (Phi) is 5.75.